The van der Waals surface area contributed by atoms with Gasteiger partial charge < -0.3 is 15.5 Å². The highest BCUT2D eigenvalue weighted by Crippen LogP contribution is 2.10. The molecule has 0 aromatic carbocycles. The molecule has 0 unspecified atom stereocenters. The molecule has 19 heavy (non-hydrogen) atoms. The van der Waals surface area contributed by atoms with Gasteiger partial charge >= 0.3 is 6.03 Å². The zero-order valence-corrected chi connectivity index (χ0v) is 13.9. The molecule has 0 aromatic heterocycles. The Morgan fingerprint density at radius 3 is 2.11 bits per heavy atom. The predicted octanol–water partition coefficient (Wildman–Crippen LogP) is 3.23. The van der Waals surface area contributed by atoms with Crippen molar-refractivity contribution in [2.24, 2.45) is 0 Å². The maximum Gasteiger partial charge on any atom is 0.314 e. The number of nitrogens with zero attached hydrogens (tertiary/aromatic N) is 1. The van der Waals surface area contributed by atoms with E-state index in [2.05, 4.69) is 22.5 Å². The largest absolute Gasteiger partial charge is 0.341 e. The second-order valence-corrected chi connectivity index (χ2v) is 4.19. The van der Waals surface area contributed by atoms with E-state index in [0.717, 1.165) is 25.9 Å². The van der Waals surface area contributed by atoms with Crippen LogP contribution in [0, 0.1) is 0 Å². The van der Waals surface area contributed by atoms with Crippen LogP contribution in [-0.4, -0.2) is 43.7 Å². The van der Waals surface area contributed by atoms with Crippen LogP contribution in [0.25, 0.3) is 0 Å². The first-order valence-electron chi connectivity index (χ1n) is 7.97. The van der Waals surface area contributed by atoms with E-state index in [1.165, 1.54) is 19.4 Å². The van der Waals surface area contributed by atoms with Crippen molar-refractivity contribution in [3.63, 3.8) is 0 Å². The second-order valence-electron chi connectivity index (χ2n) is 4.19. The van der Waals surface area contributed by atoms with Crippen LogP contribution in [0.2, 0.25) is 0 Å². The van der Waals surface area contributed by atoms with E-state index >= 15 is 0 Å². The molecule has 0 aliphatic carbocycles. The Morgan fingerprint density at radius 1 is 1.16 bits per heavy atom. The number of hydrogen-bond donors (Lipinski definition) is 2. The van der Waals surface area contributed by atoms with E-state index in [1.54, 1.807) is 7.05 Å². The Bertz CT molecular complexity index is 190. The summed E-state index contributed by atoms with van der Waals surface area (Å²) in [5.74, 6) is 0. The minimum absolute atomic E-state index is 0.0537. The summed E-state index contributed by atoms with van der Waals surface area (Å²) in [5.41, 5.74) is 0. The predicted molar refractivity (Wildman–Crippen MR) is 84.7 cm³/mol. The van der Waals surface area contributed by atoms with Crippen LogP contribution in [0.15, 0.2) is 0 Å². The molecule has 1 aliphatic rings. The minimum atomic E-state index is -0.0537. The van der Waals surface area contributed by atoms with Gasteiger partial charge in [-0.2, -0.15) is 0 Å². The third-order valence-electron chi connectivity index (χ3n) is 2.98. The summed E-state index contributed by atoms with van der Waals surface area (Å²) >= 11 is 0. The second kappa shape index (κ2) is 15.3. The molecule has 1 saturated heterocycles. The van der Waals surface area contributed by atoms with Crippen molar-refractivity contribution in [1.82, 2.24) is 15.5 Å². The maximum absolute atomic E-state index is 11.1. The fourth-order valence-electron chi connectivity index (χ4n) is 1.94. The number of rotatable bonds is 4. The molecule has 0 saturated carbocycles. The molecule has 0 radical (unpaired) electrons. The summed E-state index contributed by atoms with van der Waals surface area (Å²) in [6.07, 6.45) is 4.71. The van der Waals surface area contributed by atoms with Gasteiger partial charge in [0.25, 0.3) is 0 Å². The third-order valence-corrected chi connectivity index (χ3v) is 2.98. The highest BCUT2D eigenvalue weighted by molar-refractivity contribution is 5.73. The number of likely N-dealkylation sites (tertiary alicyclic amines) is 1. The van der Waals surface area contributed by atoms with Gasteiger partial charge in [0.15, 0.2) is 0 Å². The molecule has 1 aliphatic heterocycles. The van der Waals surface area contributed by atoms with Gasteiger partial charge in [-0.1, -0.05) is 41.0 Å². The first kappa shape index (κ1) is 20.5. The molecular formula is C15H35N3O. The monoisotopic (exact) mass is 273 g/mol. The van der Waals surface area contributed by atoms with Crippen molar-refractivity contribution >= 4 is 6.03 Å². The fourth-order valence-corrected chi connectivity index (χ4v) is 1.94. The highest BCUT2D eigenvalue weighted by atomic mass is 16.2. The van der Waals surface area contributed by atoms with Gasteiger partial charge in [-0.15, -0.1) is 0 Å². The van der Waals surface area contributed by atoms with Crippen molar-refractivity contribution in [3.05, 3.63) is 0 Å². The summed E-state index contributed by atoms with van der Waals surface area (Å²) < 4.78 is 0. The van der Waals surface area contributed by atoms with Crippen LogP contribution in [0.4, 0.5) is 4.79 Å². The number of urea groups is 1. The molecular weight excluding hydrogens is 238 g/mol. The molecule has 1 rings (SSSR count). The Hall–Kier alpha value is -0.770. The molecule has 1 heterocycles. The van der Waals surface area contributed by atoms with Gasteiger partial charge in [-0.25, -0.2) is 4.79 Å². The summed E-state index contributed by atoms with van der Waals surface area (Å²) in [7, 11) is 1.66. The number of carbonyl (C=O) groups is 1. The van der Waals surface area contributed by atoms with Crippen molar-refractivity contribution in [2.45, 2.75) is 66.3 Å². The first-order chi connectivity index (χ1) is 9.26. The van der Waals surface area contributed by atoms with E-state index < -0.39 is 0 Å². The molecule has 2 amide bonds. The average molecular weight is 273 g/mol. The molecule has 4 nitrogen and oxygen atoms in total. The van der Waals surface area contributed by atoms with Crippen molar-refractivity contribution in [1.29, 1.82) is 0 Å². The van der Waals surface area contributed by atoms with E-state index in [4.69, 9.17) is 0 Å². The standard InChI is InChI=1S/C11H23N3O.2C2H6/c1-3-4-7-14-8-5-10(6-9-14)13-11(15)12-2;2*1-2/h10H,3-9H2,1-2H3,(H2,12,13,15);2*1-2H3. The van der Waals surface area contributed by atoms with E-state index in [1.807, 2.05) is 27.7 Å². The van der Waals surface area contributed by atoms with Crippen LogP contribution in [0.3, 0.4) is 0 Å². The number of piperidine rings is 1. The number of unbranched alkanes of at least 4 members (excludes halogenated alkanes) is 1. The Morgan fingerprint density at radius 2 is 1.68 bits per heavy atom. The first-order valence-corrected chi connectivity index (χ1v) is 7.97. The average Bonchev–Trinajstić information content (AvgIpc) is 2.50. The number of nitrogens with one attached hydrogen (secondary N) is 2. The molecule has 4 heteroatoms. The third kappa shape index (κ3) is 10.8. The zero-order valence-electron chi connectivity index (χ0n) is 13.9. The normalized spacial score (nSPS) is 15.5. The lowest BCUT2D eigenvalue weighted by Crippen LogP contribution is -2.47. The van der Waals surface area contributed by atoms with Gasteiger partial charge in [0.1, 0.15) is 0 Å². The van der Waals surface area contributed by atoms with Crippen LogP contribution in [0.1, 0.15) is 60.3 Å². The number of amides is 2. The summed E-state index contributed by atoms with van der Waals surface area (Å²) in [6, 6.07) is 0.310. The van der Waals surface area contributed by atoms with Gasteiger partial charge in [0, 0.05) is 26.2 Å². The fraction of sp³-hybridized carbons (Fsp3) is 0.933. The summed E-state index contributed by atoms with van der Waals surface area (Å²) in [5, 5.41) is 5.56. The Kier molecular flexibility index (Phi) is 16.5. The van der Waals surface area contributed by atoms with Crippen LogP contribution >= 0.6 is 0 Å². The van der Waals surface area contributed by atoms with Gasteiger partial charge in [-0.3, -0.25) is 0 Å². The van der Waals surface area contributed by atoms with Crippen molar-refractivity contribution in [3.8, 4) is 0 Å². The van der Waals surface area contributed by atoms with Crippen LogP contribution in [0.5, 0.6) is 0 Å². The lowest BCUT2D eigenvalue weighted by atomic mass is 10.1. The van der Waals surface area contributed by atoms with E-state index in [-0.39, 0.29) is 6.03 Å². The molecule has 116 valence electrons. The summed E-state index contributed by atoms with van der Waals surface area (Å²) in [4.78, 5) is 13.6. The van der Waals surface area contributed by atoms with Gasteiger partial charge in [-0.05, 0) is 25.8 Å². The number of carbonyl (C=O) groups excluding carboxylic acids is 1. The highest BCUT2D eigenvalue weighted by Gasteiger charge is 2.19. The quantitative estimate of drug-likeness (QED) is 0.826. The van der Waals surface area contributed by atoms with E-state index in [0.29, 0.717) is 6.04 Å². The molecule has 1 fully saturated rings. The molecule has 0 atom stereocenters. The SMILES string of the molecule is CC.CC.CCCCN1CCC(NC(=O)NC)CC1. The molecule has 0 bridgehead atoms. The van der Waals surface area contributed by atoms with Crippen molar-refractivity contribution in [2.75, 3.05) is 26.7 Å². The van der Waals surface area contributed by atoms with Gasteiger partial charge in [0.2, 0.25) is 0 Å². The Balaban J connectivity index is 0. The number of hydrogen-bond acceptors (Lipinski definition) is 2. The molecule has 0 spiro atoms. The van der Waals surface area contributed by atoms with Crippen LogP contribution in [-0.2, 0) is 0 Å². The maximum atomic E-state index is 11.1. The Labute approximate surface area is 120 Å². The van der Waals surface area contributed by atoms with Crippen LogP contribution < -0.4 is 10.6 Å². The molecule has 0 aromatic rings. The van der Waals surface area contributed by atoms with Crippen molar-refractivity contribution < 1.29 is 4.79 Å². The summed E-state index contributed by atoms with van der Waals surface area (Å²) in [6.45, 7) is 13.7. The lowest BCUT2D eigenvalue weighted by molar-refractivity contribution is 0.191. The smallest absolute Gasteiger partial charge is 0.314 e. The topological polar surface area (TPSA) is 44.4 Å². The minimum Gasteiger partial charge on any atom is -0.341 e. The molecule has 2 N–H and O–H groups in total. The zero-order chi connectivity index (χ0) is 15.1. The van der Waals surface area contributed by atoms with Gasteiger partial charge in [0.05, 0.1) is 0 Å². The lowest BCUT2D eigenvalue weighted by Gasteiger charge is -2.32. The van der Waals surface area contributed by atoms with E-state index in [9.17, 15) is 4.79 Å².